The maximum absolute atomic E-state index is 12.4. The summed E-state index contributed by atoms with van der Waals surface area (Å²) < 4.78 is 34.9. The number of aryl methyl sites for hydroxylation is 2. The van der Waals surface area contributed by atoms with E-state index in [2.05, 4.69) is 26.0 Å². The van der Waals surface area contributed by atoms with Gasteiger partial charge in [0.25, 0.3) is 10.1 Å². The number of hydrogen-bond acceptors (Lipinski definition) is 2. The Morgan fingerprint density at radius 3 is 1.17 bits per heavy atom. The zero-order valence-electron chi connectivity index (χ0n) is 31.7. The Labute approximate surface area is 298 Å². The molecule has 3 nitrogen and oxygen atoms in total. The third kappa shape index (κ3) is 19.7. The summed E-state index contributed by atoms with van der Waals surface area (Å²) in [6.45, 7) is 4.57. The van der Waals surface area contributed by atoms with Gasteiger partial charge in [-0.25, -0.2) is 0 Å². The van der Waals surface area contributed by atoms with Crippen LogP contribution in [0.2, 0.25) is 0 Å². The van der Waals surface area contributed by atoms with Crippen LogP contribution in [-0.4, -0.2) is 13.0 Å². The van der Waals surface area contributed by atoms with Gasteiger partial charge in [0, 0.05) is 5.39 Å². The first kappa shape index (κ1) is 42.8. The third-order valence-corrected chi connectivity index (χ3v) is 11.5. The van der Waals surface area contributed by atoms with Crippen molar-refractivity contribution in [3.8, 4) is 0 Å². The van der Waals surface area contributed by atoms with Gasteiger partial charge in [-0.15, -0.1) is 0 Å². The molecule has 0 heterocycles. The van der Waals surface area contributed by atoms with Crippen LogP contribution in [0.4, 0.5) is 0 Å². The van der Waals surface area contributed by atoms with E-state index >= 15 is 0 Å². The Balaban J connectivity index is 1.70. The normalized spacial score (nSPS) is 12.0. The summed E-state index contributed by atoms with van der Waals surface area (Å²) in [5, 5.41) is 1.67. The van der Waals surface area contributed by atoms with Crippen LogP contribution in [0.3, 0.4) is 0 Å². The highest BCUT2D eigenvalue weighted by Gasteiger charge is 2.18. The lowest BCUT2D eigenvalue weighted by Crippen LogP contribution is -2.04. The number of rotatable bonds is 33. The van der Waals surface area contributed by atoms with Gasteiger partial charge in [0.05, 0.1) is 0 Å². The van der Waals surface area contributed by atoms with E-state index in [9.17, 15) is 13.0 Å². The van der Waals surface area contributed by atoms with Crippen molar-refractivity contribution in [3.63, 3.8) is 0 Å². The summed E-state index contributed by atoms with van der Waals surface area (Å²) in [5.41, 5.74) is 2.43. The number of unbranched alkanes of at least 4 members (excludes halogenated alkanes) is 28. The average molecular weight is 685 g/mol. The summed E-state index contributed by atoms with van der Waals surface area (Å²) in [6, 6.07) is 9.58. The van der Waals surface area contributed by atoms with Crippen LogP contribution in [0, 0.1) is 0 Å². The summed E-state index contributed by atoms with van der Waals surface area (Å²) in [6.07, 6.45) is 42.3. The SMILES string of the molecule is CCCCCCCCCCCCCCCCCc1ccc2cccc(S(=O)(=O)O)c2c1CCCCCCCCCCCCCCCCC. The molecule has 0 atom stereocenters. The molecule has 276 valence electrons. The van der Waals surface area contributed by atoms with Crippen LogP contribution in [0.15, 0.2) is 35.2 Å². The molecule has 0 radical (unpaired) electrons. The molecule has 0 spiro atoms. The van der Waals surface area contributed by atoms with Crippen LogP contribution >= 0.6 is 0 Å². The van der Waals surface area contributed by atoms with Gasteiger partial charge < -0.3 is 0 Å². The highest BCUT2D eigenvalue weighted by molar-refractivity contribution is 7.86. The Hall–Kier alpha value is -1.39. The largest absolute Gasteiger partial charge is 0.295 e. The molecular formula is C44H76O3S. The van der Waals surface area contributed by atoms with E-state index in [1.165, 1.54) is 185 Å². The van der Waals surface area contributed by atoms with Gasteiger partial charge in [0.15, 0.2) is 0 Å². The lowest BCUT2D eigenvalue weighted by molar-refractivity contribution is 0.484. The maximum Gasteiger partial charge on any atom is 0.295 e. The first-order valence-electron chi connectivity index (χ1n) is 21.0. The van der Waals surface area contributed by atoms with Gasteiger partial charge >= 0.3 is 0 Å². The first-order valence-corrected chi connectivity index (χ1v) is 22.4. The monoisotopic (exact) mass is 685 g/mol. The molecule has 1 N–H and O–H groups in total. The minimum Gasteiger partial charge on any atom is -0.282 e. The number of hydrogen-bond donors (Lipinski definition) is 1. The number of fused-ring (bicyclic) bond motifs is 1. The van der Waals surface area contributed by atoms with Gasteiger partial charge in [-0.2, -0.15) is 8.42 Å². The molecule has 0 aliphatic carbocycles. The smallest absolute Gasteiger partial charge is 0.282 e. The van der Waals surface area contributed by atoms with E-state index in [0.29, 0.717) is 0 Å². The van der Waals surface area contributed by atoms with Crippen molar-refractivity contribution < 1.29 is 13.0 Å². The topological polar surface area (TPSA) is 54.4 Å². The van der Waals surface area contributed by atoms with Crippen LogP contribution < -0.4 is 0 Å². The number of benzene rings is 2. The van der Waals surface area contributed by atoms with Crippen molar-refractivity contribution >= 4 is 20.9 Å². The Bertz CT molecular complexity index is 1160. The summed E-state index contributed by atoms with van der Waals surface area (Å²) in [5.74, 6) is 0. The molecular weight excluding hydrogens is 609 g/mol. The fourth-order valence-electron chi connectivity index (χ4n) is 7.56. The Morgan fingerprint density at radius 1 is 0.438 bits per heavy atom. The van der Waals surface area contributed by atoms with Crippen molar-refractivity contribution in [2.75, 3.05) is 0 Å². The van der Waals surface area contributed by atoms with E-state index in [0.717, 1.165) is 42.0 Å². The maximum atomic E-state index is 12.4. The zero-order chi connectivity index (χ0) is 34.5. The van der Waals surface area contributed by atoms with Crippen molar-refractivity contribution in [1.29, 1.82) is 0 Å². The highest BCUT2D eigenvalue weighted by Crippen LogP contribution is 2.31. The van der Waals surface area contributed by atoms with Crippen LogP contribution in [0.5, 0.6) is 0 Å². The zero-order valence-corrected chi connectivity index (χ0v) is 32.5. The van der Waals surface area contributed by atoms with Crippen molar-refractivity contribution in [1.82, 2.24) is 0 Å². The van der Waals surface area contributed by atoms with E-state index in [1.54, 1.807) is 12.1 Å². The van der Waals surface area contributed by atoms with Crippen LogP contribution in [0.25, 0.3) is 10.8 Å². The summed E-state index contributed by atoms with van der Waals surface area (Å²) in [4.78, 5) is 0.0781. The highest BCUT2D eigenvalue weighted by atomic mass is 32.2. The predicted octanol–water partition coefficient (Wildman–Crippen LogP) is 14.9. The molecule has 0 saturated carbocycles. The second-order valence-electron chi connectivity index (χ2n) is 14.9. The molecule has 0 aliphatic rings. The molecule has 2 aromatic carbocycles. The molecule has 0 aromatic heterocycles. The summed E-state index contributed by atoms with van der Waals surface area (Å²) >= 11 is 0. The molecule has 0 unspecified atom stereocenters. The molecule has 0 aliphatic heterocycles. The molecule has 0 amide bonds. The quantitative estimate of drug-likeness (QED) is 0.0601. The lowest BCUT2D eigenvalue weighted by atomic mass is 9.91. The minimum atomic E-state index is -4.28. The molecule has 0 fully saturated rings. The fraction of sp³-hybridized carbons (Fsp3) is 0.773. The third-order valence-electron chi connectivity index (χ3n) is 10.6. The van der Waals surface area contributed by atoms with Gasteiger partial charge in [-0.1, -0.05) is 218 Å². The van der Waals surface area contributed by atoms with Gasteiger partial charge in [-0.05, 0) is 48.3 Å². The van der Waals surface area contributed by atoms with E-state index in [1.807, 2.05) is 6.07 Å². The fourth-order valence-corrected chi connectivity index (χ4v) is 8.31. The lowest BCUT2D eigenvalue weighted by Gasteiger charge is -2.16. The molecule has 2 rings (SSSR count). The second-order valence-corrected chi connectivity index (χ2v) is 16.3. The van der Waals surface area contributed by atoms with Crippen LogP contribution in [0.1, 0.15) is 218 Å². The Kier molecular flexibility index (Phi) is 25.2. The standard InChI is InChI=1S/C44H76O3S/c1-3-5-7-9-11-13-15-17-19-21-23-25-27-29-31-34-40-38-39-41-35-33-37-43(48(45,46)47)44(41)42(40)36-32-30-28-26-24-22-20-18-16-14-12-10-8-6-4-2/h33,35,37-39H,3-32,34,36H2,1-2H3,(H,45,46,47). The Morgan fingerprint density at radius 2 is 0.792 bits per heavy atom. The molecule has 2 aromatic rings. The molecule has 4 heteroatoms. The van der Waals surface area contributed by atoms with E-state index in [-0.39, 0.29) is 4.90 Å². The minimum absolute atomic E-state index is 0.0781. The molecule has 0 bridgehead atoms. The van der Waals surface area contributed by atoms with Crippen LogP contribution in [-0.2, 0) is 23.0 Å². The predicted molar refractivity (Wildman–Crippen MR) is 211 cm³/mol. The molecule has 0 saturated heterocycles. The second kappa shape index (κ2) is 28.3. The van der Waals surface area contributed by atoms with Crippen molar-refractivity contribution in [2.24, 2.45) is 0 Å². The van der Waals surface area contributed by atoms with Gasteiger partial charge in [0.2, 0.25) is 0 Å². The van der Waals surface area contributed by atoms with E-state index in [4.69, 9.17) is 0 Å². The van der Waals surface area contributed by atoms with Crippen molar-refractivity contribution in [3.05, 3.63) is 41.5 Å². The van der Waals surface area contributed by atoms with E-state index < -0.39 is 10.1 Å². The summed E-state index contributed by atoms with van der Waals surface area (Å²) in [7, 11) is -4.28. The molecule has 48 heavy (non-hydrogen) atoms. The van der Waals surface area contributed by atoms with Gasteiger partial charge in [-0.3, -0.25) is 4.55 Å². The first-order chi connectivity index (χ1) is 23.5. The van der Waals surface area contributed by atoms with Crippen molar-refractivity contribution in [2.45, 2.75) is 224 Å². The average Bonchev–Trinajstić information content (AvgIpc) is 3.08. The van der Waals surface area contributed by atoms with Gasteiger partial charge in [0.1, 0.15) is 4.90 Å².